The van der Waals surface area contributed by atoms with E-state index in [-0.39, 0.29) is 0 Å². The van der Waals surface area contributed by atoms with E-state index in [0.717, 1.165) is 43.5 Å². The van der Waals surface area contributed by atoms with Gasteiger partial charge in [-0.3, -0.25) is 0 Å². The number of aromatic nitrogens is 4. The highest BCUT2D eigenvalue weighted by Gasteiger charge is 2.22. The van der Waals surface area contributed by atoms with Gasteiger partial charge in [-0.1, -0.05) is 11.6 Å². The molecule has 2 aromatic heterocycles. The first-order valence-electron chi connectivity index (χ1n) is 7.72. The maximum Gasteiger partial charge on any atom is 0.225 e. The van der Waals surface area contributed by atoms with Crippen molar-refractivity contribution in [1.82, 2.24) is 19.9 Å². The molecule has 1 unspecified atom stereocenters. The monoisotopic (exact) mass is 333 g/mol. The number of piperidine rings is 1. The fourth-order valence-electron chi connectivity index (χ4n) is 2.83. The molecule has 7 nitrogen and oxygen atoms in total. The Morgan fingerprint density at radius 3 is 2.87 bits per heavy atom. The second kappa shape index (κ2) is 7.41. The van der Waals surface area contributed by atoms with Crippen LogP contribution < -0.4 is 15.5 Å². The summed E-state index contributed by atoms with van der Waals surface area (Å²) in [6, 6.07) is 1.84. The zero-order valence-corrected chi connectivity index (χ0v) is 13.8. The van der Waals surface area contributed by atoms with Crippen LogP contribution in [-0.4, -0.2) is 46.6 Å². The first-order valence-corrected chi connectivity index (χ1v) is 8.10. The zero-order chi connectivity index (χ0) is 16.1. The molecular formula is C15H20ClN7. The number of anilines is 3. The molecule has 1 fully saturated rings. The van der Waals surface area contributed by atoms with Gasteiger partial charge in [-0.05, 0) is 24.8 Å². The largest absolute Gasteiger partial charge is 0.383 e. The van der Waals surface area contributed by atoms with E-state index in [9.17, 15) is 0 Å². The van der Waals surface area contributed by atoms with Gasteiger partial charge in [0, 0.05) is 39.1 Å². The van der Waals surface area contributed by atoms with Crippen molar-refractivity contribution >= 4 is 29.1 Å². The van der Waals surface area contributed by atoms with Crippen molar-refractivity contribution in [3.8, 4) is 0 Å². The van der Waals surface area contributed by atoms with Crippen molar-refractivity contribution in [3.63, 3.8) is 0 Å². The fraction of sp³-hybridized carbons (Fsp3) is 0.467. The van der Waals surface area contributed by atoms with Crippen LogP contribution in [-0.2, 0) is 0 Å². The first kappa shape index (κ1) is 15.7. The lowest BCUT2D eigenvalue weighted by atomic mass is 9.98. The molecule has 0 saturated carbocycles. The van der Waals surface area contributed by atoms with Gasteiger partial charge in [-0.2, -0.15) is 0 Å². The molecule has 1 atom stereocenters. The molecule has 3 heterocycles. The Morgan fingerprint density at radius 1 is 1.26 bits per heavy atom. The number of rotatable bonds is 5. The van der Waals surface area contributed by atoms with Crippen molar-refractivity contribution in [3.05, 3.63) is 29.9 Å². The van der Waals surface area contributed by atoms with Crippen molar-refractivity contribution < 1.29 is 0 Å². The van der Waals surface area contributed by atoms with Gasteiger partial charge in [0.1, 0.15) is 12.0 Å². The lowest BCUT2D eigenvalue weighted by molar-refractivity contribution is 0.427. The Labute approximate surface area is 140 Å². The topological polar surface area (TPSA) is 78.9 Å². The molecule has 0 aliphatic carbocycles. The molecule has 0 radical (unpaired) electrons. The maximum atomic E-state index is 6.08. The first-order chi connectivity index (χ1) is 11.3. The second-order valence-electron chi connectivity index (χ2n) is 5.52. The van der Waals surface area contributed by atoms with E-state index in [2.05, 4.69) is 35.5 Å². The molecule has 0 bridgehead atoms. The van der Waals surface area contributed by atoms with E-state index in [4.69, 9.17) is 11.6 Å². The third-order valence-corrected chi connectivity index (χ3v) is 4.25. The summed E-state index contributed by atoms with van der Waals surface area (Å²) in [7, 11) is 1.81. The predicted octanol–water partition coefficient (Wildman–Crippen LogP) is 2.29. The molecule has 2 aromatic rings. The highest BCUT2D eigenvalue weighted by Crippen LogP contribution is 2.26. The van der Waals surface area contributed by atoms with Crippen molar-refractivity contribution in [2.75, 3.05) is 42.2 Å². The SMILES string of the molecule is CNc1c(Cl)ncnc1NCC1CCCN(c2ncccn2)C1. The predicted molar refractivity (Wildman–Crippen MR) is 92.0 cm³/mol. The van der Waals surface area contributed by atoms with E-state index in [1.807, 2.05) is 13.1 Å². The zero-order valence-electron chi connectivity index (χ0n) is 13.0. The normalized spacial score (nSPS) is 17.8. The van der Waals surface area contributed by atoms with Gasteiger partial charge in [0.15, 0.2) is 11.0 Å². The molecule has 0 amide bonds. The minimum absolute atomic E-state index is 0.424. The Kier molecular flexibility index (Phi) is 5.07. The van der Waals surface area contributed by atoms with E-state index >= 15 is 0 Å². The van der Waals surface area contributed by atoms with Gasteiger partial charge < -0.3 is 15.5 Å². The number of hydrogen-bond donors (Lipinski definition) is 2. The molecule has 1 aliphatic heterocycles. The van der Waals surface area contributed by atoms with Crippen LogP contribution in [0.5, 0.6) is 0 Å². The molecule has 2 N–H and O–H groups in total. The Bertz CT molecular complexity index is 637. The number of hydrogen-bond acceptors (Lipinski definition) is 7. The maximum absolute atomic E-state index is 6.08. The van der Waals surface area contributed by atoms with Gasteiger partial charge in [-0.25, -0.2) is 19.9 Å². The summed E-state index contributed by atoms with van der Waals surface area (Å²) in [4.78, 5) is 19.2. The number of halogens is 1. The lowest BCUT2D eigenvalue weighted by Crippen LogP contribution is -2.39. The van der Waals surface area contributed by atoms with E-state index in [1.165, 1.54) is 12.7 Å². The average molecular weight is 334 g/mol. The van der Waals surface area contributed by atoms with Crippen molar-refractivity contribution in [1.29, 1.82) is 0 Å². The minimum Gasteiger partial charge on any atom is -0.383 e. The lowest BCUT2D eigenvalue weighted by Gasteiger charge is -2.32. The van der Waals surface area contributed by atoms with Crippen LogP contribution in [0.1, 0.15) is 12.8 Å². The van der Waals surface area contributed by atoms with E-state index in [1.54, 1.807) is 12.4 Å². The fourth-order valence-corrected chi connectivity index (χ4v) is 3.06. The third-order valence-electron chi connectivity index (χ3n) is 3.96. The Balaban J connectivity index is 1.61. The smallest absolute Gasteiger partial charge is 0.225 e. The summed E-state index contributed by atoms with van der Waals surface area (Å²) in [5.74, 6) is 2.05. The molecule has 1 saturated heterocycles. The van der Waals surface area contributed by atoms with Gasteiger partial charge in [0.05, 0.1) is 0 Å². The van der Waals surface area contributed by atoms with Crippen LogP contribution in [0.3, 0.4) is 0 Å². The summed E-state index contributed by atoms with van der Waals surface area (Å²) in [5.41, 5.74) is 0.730. The summed E-state index contributed by atoms with van der Waals surface area (Å²) < 4.78 is 0. The van der Waals surface area contributed by atoms with Gasteiger partial charge in [0.25, 0.3) is 0 Å². The van der Waals surface area contributed by atoms with Crippen LogP contribution in [0.25, 0.3) is 0 Å². The van der Waals surface area contributed by atoms with Crippen molar-refractivity contribution in [2.45, 2.75) is 12.8 Å². The number of nitrogens with zero attached hydrogens (tertiary/aromatic N) is 5. The average Bonchev–Trinajstić information content (AvgIpc) is 2.61. The standard InChI is InChI=1S/C15H20ClN7/c1-17-12-13(16)21-10-22-14(12)20-8-11-4-2-7-23(9-11)15-18-5-3-6-19-15/h3,5-6,10-11,17H,2,4,7-9H2,1H3,(H,20,21,22). The van der Waals surface area contributed by atoms with E-state index < -0.39 is 0 Å². The highest BCUT2D eigenvalue weighted by atomic mass is 35.5. The van der Waals surface area contributed by atoms with Crippen LogP contribution in [0.4, 0.5) is 17.5 Å². The van der Waals surface area contributed by atoms with Crippen LogP contribution in [0, 0.1) is 5.92 Å². The quantitative estimate of drug-likeness (QED) is 0.813. The van der Waals surface area contributed by atoms with Crippen molar-refractivity contribution in [2.24, 2.45) is 5.92 Å². The summed E-state index contributed by atoms with van der Waals surface area (Å²) in [5, 5.41) is 6.84. The Hall–Kier alpha value is -2.15. The minimum atomic E-state index is 0.424. The van der Waals surface area contributed by atoms with Gasteiger partial charge in [0.2, 0.25) is 5.95 Å². The summed E-state index contributed by atoms with van der Waals surface area (Å²) >= 11 is 6.08. The molecule has 23 heavy (non-hydrogen) atoms. The number of nitrogens with one attached hydrogen (secondary N) is 2. The third kappa shape index (κ3) is 3.79. The molecule has 122 valence electrons. The van der Waals surface area contributed by atoms with Crippen LogP contribution >= 0.6 is 11.6 Å². The van der Waals surface area contributed by atoms with E-state index in [0.29, 0.717) is 11.1 Å². The molecule has 1 aliphatic rings. The summed E-state index contributed by atoms with van der Waals surface area (Å²) in [6.07, 6.45) is 7.34. The molecule has 8 heteroatoms. The van der Waals surface area contributed by atoms with Crippen LogP contribution in [0.2, 0.25) is 5.15 Å². The molecule has 3 rings (SSSR count). The molecule has 0 spiro atoms. The van der Waals surface area contributed by atoms with Crippen LogP contribution in [0.15, 0.2) is 24.8 Å². The molecule has 0 aromatic carbocycles. The Morgan fingerprint density at radius 2 is 2.09 bits per heavy atom. The van der Waals surface area contributed by atoms with Gasteiger partial charge in [-0.15, -0.1) is 0 Å². The molecular weight excluding hydrogens is 314 g/mol. The highest BCUT2D eigenvalue weighted by molar-refractivity contribution is 6.32. The summed E-state index contributed by atoms with van der Waals surface area (Å²) in [6.45, 7) is 2.76. The van der Waals surface area contributed by atoms with Gasteiger partial charge >= 0.3 is 0 Å². The second-order valence-corrected chi connectivity index (χ2v) is 5.88.